The topological polar surface area (TPSA) is 77.1 Å². The largest absolute Gasteiger partial charge is 0.341 e. The van der Waals surface area contributed by atoms with Crippen molar-refractivity contribution in [3.05, 3.63) is 65.7 Å². The lowest BCUT2D eigenvalue weighted by Gasteiger charge is -2.05. The number of aryl methyl sites for hydroxylation is 3. The highest BCUT2D eigenvalue weighted by Gasteiger charge is 2.16. The molecule has 1 N–H and O–H groups in total. The Morgan fingerprint density at radius 1 is 1.00 bits per heavy atom. The van der Waals surface area contributed by atoms with E-state index in [0.29, 0.717) is 11.5 Å². The number of hydrogen-bond donors (Lipinski definition) is 1. The van der Waals surface area contributed by atoms with E-state index in [2.05, 4.69) is 44.0 Å². The minimum Gasteiger partial charge on any atom is -0.341 e. The molecule has 0 atom stereocenters. The van der Waals surface area contributed by atoms with Crippen LogP contribution in [0.3, 0.4) is 0 Å². The molecular weight excluding hydrogens is 364 g/mol. The average Bonchev–Trinajstić information content (AvgIpc) is 3.27. The Hall–Kier alpha value is -3.74. The molecule has 5 aromatic rings. The van der Waals surface area contributed by atoms with Crippen molar-refractivity contribution in [1.82, 2.24) is 24.1 Å². The smallest absolute Gasteiger partial charge is 0.295 e. The molecule has 29 heavy (non-hydrogen) atoms. The summed E-state index contributed by atoms with van der Waals surface area (Å²) in [5.74, 6) is 0.169. The average molecular weight is 384 g/mol. The first-order valence-electron chi connectivity index (χ1n) is 9.58. The summed E-state index contributed by atoms with van der Waals surface area (Å²) in [7, 11) is 0. The first kappa shape index (κ1) is 17.4. The van der Waals surface area contributed by atoms with Gasteiger partial charge in [0.15, 0.2) is 0 Å². The minimum absolute atomic E-state index is 0.0993. The maximum absolute atomic E-state index is 12.8. The van der Waals surface area contributed by atoms with Crippen molar-refractivity contribution in [2.75, 3.05) is 5.32 Å². The van der Waals surface area contributed by atoms with Crippen LogP contribution in [0.4, 0.5) is 5.69 Å². The number of para-hydroxylation sites is 1. The highest BCUT2D eigenvalue weighted by Crippen LogP contribution is 2.31. The third kappa shape index (κ3) is 2.74. The van der Waals surface area contributed by atoms with E-state index in [-0.39, 0.29) is 11.7 Å². The predicted octanol–water partition coefficient (Wildman–Crippen LogP) is 4.12. The molecule has 0 saturated carbocycles. The zero-order valence-electron chi connectivity index (χ0n) is 16.5. The van der Waals surface area contributed by atoms with E-state index in [0.717, 1.165) is 28.8 Å². The lowest BCUT2D eigenvalue weighted by atomic mass is 10.1. The molecule has 0 saturated heterocycles. The Kier molecular flexibility index (Phi) is 3.84. The van der Waals surface area contributed by atoms with Crippen LogP contribution >= 0.6 is 0 Å². The summed E-state index contributed by atoms with van der Waals surface area (Å²) in [6.45, 7) is 6.82. The van der Waals surface area contributed by atoms with Gasteiger partial charge in [-0.1, -0.05) is 18.2 Å². The molecule has 0 unspecified atom stereocenters. The van der Waals surface area contributed by atoms with Crippen molar-refractivity contribution in [2.45, 2.75) is 27.3 Å². The summed E-state index contributed by atoms with van der Waals surface area (Å²) in [5, 5.41) is 9.50. The van der Waals surface area contributed by atoms with Gasteiger partial charge in [0, 0.05) is 45.4 Å². The number of anilines is 1. The molecule has 7 heteroatoms. The SMILES string of the molecule is CCn1c2ccccc2c2cc(NC(=O)c3nc4nc(C)cc(C)n4n3)ccc21. The molecule has 3 aromatic heterocycles. The number of aromatic nitrogens is 5. The van der Waals surface area contributed by atoms with Crippen LogP contribution in [-0.4, -0.2) is 30.1 Å². The van der Waals surface area contributed by atoms with E-state index in [1.54, 1.807) is 4.52 Å². The summed E-state index contributed by atoms with van der Waals surface area (Å²) in [4.78, 5) is 21.4. The summed E-state index contributed by atoms with van der Waals surface area (Å²) in [5.41, 5.74) is 4.77. The molecule has 0 spiro atoms. The Bertz CT molecular complexity index is 1410. The van der Waals surface area contributed by atoms with Gasteiger partial charge in [-0.2, -0.15) is 4.98 Å². The number of amides is 1. The highest BCUT2D eigenvalue weighted by molar-refractivity contribution is 6.10. The Morgan fingerprint density at radius 2 is 1.79 bits per heavy atom. The fourth-order valence-corrected chi connectivity index (χ4v) is 3.92. The van der Waals surface area contributed by atoms with Crippen LogP contribution in [-0.2, 0) is 6.54 Å². The van der Waals surface area contributed by atoms with E-state index in [1.807, 2.05) is 50.2 Å². The molecule has 144 valence electrons. The van der Waals surface area contributed by atoms with Crippen molar-refractivity contribution in [3.8, 4) is 0 Å². The molecular formula is C22H20N6O. The molecule has 1 amide bonds. The highest BCUT2D eigenvalue weighted by atomic mass is 16.2. The van der Waals surface area contributed by atoms with Crippen molar-refractivity contribution in [3.63, 3.8) is 0 Å². The van der Waals surface area contributed by atoms with Crippen LogP contribution in [0.2, 0.25) is 0 Å². The van der Waals surface area contributed by atoms with Gasteiger partial charge in [0.2, 0.25) is 5.82 Å². The lowest BCUT2D eigenvalue weighted by Crippen LogP contribution is -2.14. The number of nitrogens with one attached hydrogen (secondary N) is 1. The van der Waals surface area contributed by atoms with Gasteiger partial charge in [-0.05, 0) is 51.1 Å². The van der Waals surface area contributed by atoms with Crippen LogP contribution in [0.1, 0.15) is 28.9 Å². The monoisotopic (exact) mass is 384 g/mol. The van der Waals surface area contributed by atoms with E-state index < -0.39 is 0 Å². The van der Waals surface area contributed by atoms with Crippen LogP contribution in [0.15, 0.2) is 48.5 Å². The van der Waals surface area contributed by atoms with E-state index in [9.17, 15) is 4.79 Å². The Labute approximate surface area is 167 Å². The lowest BCUT2D eigenvalue weighted by molar-refractivity contribution is 0.101. The third-order valence-electron chi connectivity index (χ3n) is 5.17. The number of carbonyl (C=O) groups is 1. The summed E-state index contributed by atoms with van der Waals surface area (Å²) in [6, 6.07) is 16.2. The van der Waals surface area contributed by atoms with Gasteiger partial charge < -0.3 is 9.88 Å². The molecule has 0 aliphatic rings. The number of benzene rings is 2. The van der Waals surface area contributed by atoms with E-state index >= 15 is 0 Å². The normalized spacial score (nSPS) is 11.6. The number of hydrogen-bond acceptors (Lipinski definition) is 4. The zero-order chi connectivity index (χ0) is 20.1. The van der Waals surface area contributed by atoms with Crippen molar-refractivity contribution in [2.24, 2.45) is 0 Å². The van der Waals surface area contributed by atoms with E-state index in [1.165, 1.54) is 10.9 Å². The molecule has 2 aromatic carbocycles. The van der Waals surface area contributed by atoms with Crippen LogP contribution in [0.5, 0.6) is 0 Å². The molecule has 0 aliphatic carbocycles. The van der Waals surface area contributed by atoms with Gasteiger partial charge in [0.1, 0.15) is 0 Å². The third-order valence-corrected chi connectivity index (χ3v) is 5.17. The zero-order valence-corrected chi connectivity index (χ0v) is 16.5. The predicted molar refractivity (Wildman–Crippen MR) is 113 cm³/mol. The quantitative estimate of drug-likeness (QED) is 0.508. The first-order valence-corrected chi connectivity index (χ1v) is 9.58. The molecule has 5 rings (SSSR count). The second-order valence-corrected chi connectivity index (χ2v) is 7.13. The number of fused-ring (bicyclic) bond motifs is 4. The summed E-state index contributed by atoms with van der Waals surface area (Å²) < 4.78 is 3.86. The second-order valence-electron chi connectivity index (χ2n) is 7.13. The van der Waals surface area contributed by atoms with Crippen molar-refractivity contribution in [1.29, 1.82) is 0 Å². The number of carbonyl (C=O) groups excluding carboxylic acids is 1. The number of rotatable bonds is 3. The first-order chi connectivity index (χ1) is 14.0. The molecule has 0 aliphatic heterocycles. The maximum Gasteiger partial charge on any atom is 0.295 e. The fraction of sp³-hybridized carbons (Fsp3) is 0.182. The summed E-state index contributed by atoms with van der Waals surface area (Å²) >= 11 is 0. The van der Waals surface area contributed by atoms with Crippen molar-refractivity contribution < 1.29 is 4.79 Å². The standard InChI is InChI=1S/C22H20N6O/c1-4-27-18-8-6-5-7-16(18)17-12-15(9-10-19(17)27)24-21(29)20-25-22-23-13(2)11-14(3)28(22)26-20/h5-12H,4H2,1-3H3,(H,24,29). The Balaban J connectivity index is 1.54. The molecule has 0 bridgehead atoms. The van der Waals surface area contributed by atoms with Crippen LogP contribution in [0.25, 0.3) is 27.6 Å². The molecule has 0 radical (unpaired) electrons. The fourth-order valence-electron chi connectivity index (χ4n) is 3.92. The molecule has 7 nitrogen and oxygen atoms in total. The van der Waals surface area contributed by atoms with Gasteiger partial charge >= 0.3 is 0 Å². The molecule has 3 heterocycles. The van der Waals surface area contributed by atoms with Crippen LogP contribution in [0, 0.1) is 13.8 Å². The van der Waals surface area contributed by atoms with Gasteiger partial charge in [0.25, 0.3) is 11.7 Å². The molecule has 0 fully saturated rings. The Morgan fingerprint density at radius 3 is 2.62 bits per heavy atom. The van der Waals surface area contributed by atoms with Gasteiger partial charge in [-0.25, -0.2) is 9.50 Å². The van der Waals surface area contributed by atoms with Crippen LogP contribution < -0.4 is 5.32 Å². The van der Waals surface area contributed by atoms with Gasteiger partial charge in [-0.3, -0.25) is 4.79 Å². The minimum atomic E-state index is -0.355. The maximum atomic E-state index is 12.8. The number of nitrogens with zero attached hydrogens (tertiary/aromatic N) is 5. The summed E-state index contributed by atoms with van der Waals surface area (Å²) in [6.07, 6.45) is 0. The van der Waals surface area contributed by atoms with Gasteiger partial charge in [-0.15, -0.1) is 5.10 Å². The van der Waals surface area contributed by atoms with Crippen molar-refractivity contribution >= 4 is 39.2 Å². The van der Waals surface area contributed by atoms with Gasteiger partial charge in [0.05, 0.1) is 0 Å². The van der Waals surface area contributed by atoms with E-state index in [4.69, 9.17) is 0 Å². The second kappa shape index (κ2) is 6.41.